The first kappa shape index (κ1) is 14.0. The summed E-state index contributed by atoms with van der Waals surface area (Å²) in [5, 5.41) is 7.28. The molecule has 1 saturated heterocycles. The summed E-state index contributed by atoms with van der Waals surface area (Å²) >= 11 is 0. The first-order valence-electron chi connectivity index (χ1n) is 7.05. The Balaban J connectivity index is 1.84. The van der Waals surface area contributed by atoms with Gasteiger partial charge in [0, 0.05) is 19.9 Å². The summed E-state index contributed by atoms with van der Waals surface area (Å²) in [5.74, 6) is -0.117. The van der Waals surface area contributed by atoms with Crippen LogP contribution in [0.2, 0.25) is 0 Å². The fraction of sp³-hybridized carbons (Fsp3) is 0.467. The second-order valence-corrected chi connectivity index (χ2v) is 5.26. The van der Waals surface area contributed by atoms with E-state index in [2.05, 4.69) is 10.4 Å². The standard InChI is InChI=1S/C15H19N3O3/c1-10-4-3-6-18-14(10)11(8-16-18)15(19)17-12-5-7-21-9-13(12)20-2/h3-4,6,8,12-13H,5,7,9H2,1-2H3,(H,17,19)/t12-,13-/m0/s1. The molecule has 2 atom stereocenters. The normalized spacial score (nSPS) is 22.4. The van der Waals surface area contributed by atoms with Crippen molar-refractivity contribution < 1.29 is 14.3 Å². The predicted octanol–water partition coefficient (Wildman–Crippen LogP) is 1.18. The van der Waals surface area contributed by atoms with Crippen LogP contribution in [0, 0.1) is 6.92 Å². The molecule has 6 heteroatoms. The van der Waals surface area contributed by atoms with Gasteiger partial charge in [-0.15, -0.1) is 0 Å². The van der Waals surface area contributed by atoms with Crippen molar-refractivity contribution in [2.24, 2.45) is 0 Å². The highest BCUT2D eigenvalue weighted by Crippen LogP contribution is 2.17. The third-order valence-corrected chi connectivity index (χ3v) is 3.91. The number of rotatable bonds is 3. The molecule has 1 N–H and O–H groups in total. The molecule has 0 saturated carbocycles. The van der Waals surface area contributed by atoms with E-state index in [9.17, 15) is 4.79 Å². The van der Waals surface area contributed by atoms with Crippen LogP contribution in [-0.2, 0) is 9.47 Å². The minimum atomic E-state index is -0.117. The minimum Gasteiger partial charge on any atom is -0.379 e. The van der Waals surface area contributed by atoms with Crippen molar-refractivity contribution in [3.8, 4) is 0 Å². The van der Waals surface area contributed by atoms with Crippen LogP contribution >= 0.6 is 0 Å². The number of pyridine rings is 1. The van der Waals surface area contributed by atoms with E-state index in [1.165, 1.54) is 0 Å². The molecular weight excluding hydrogens is 270 g/mol. The summed E-state index contributed by atoms with van der Waals surface area (Å²) in [6.07, 6.45) is 4.10. The summed E-state index contributed by atoms with van der Waals surface area (Å²) in [5.41, 5.74) is 2.46. The number of nitrogens with zero attached hydrogens (tertiary/aromatic N) is 2. The van der Waals surface area contributed by atoms with E-state index < -0.39 is 0 Å². The van der Waals surface area contributed by atoms with Gasteiger partial charge in [-0.25, -0.2) is 4.52 Å². The fourth-order valence-electron chi connectivity index (χ4n) is 2.74. The van der Waals surface area contributed by atoms with Gasteiger partial charge in [0.15, 0.2) is 0 Å². The molecule has 0 unspecified atom stereocenters. The zero-order valence-corrected chi connectivity index (χ0v) is 12.2. The van der Waals surface area contributed by atoms with Crippen LogP contribution in [-0.4, -0.2) is 48.0 Å². The number of nitrogens with one attached hydrogen (secondary N) is 1. The first-order chi connectivity index (χ1) is 10.2. The van der Waals surface area contributed by atoms with Crippen LogP contribution < -0.4 is 5.32 Å². The van der Waals surface area contributed by atoms with Crippen LogP contribution in [0.15, 0.2) is 24.5 Å². The second-order valence-electron chi connectivity index (χ2n) is 5.26. The third-order valence-electron chi connectivity index (χ3n) is 3.91. The molecule has 1 aliphatic heterocycles. The van der Waals surface area contributed by atoms with Gasteiger partial charge in [-0.3, -0.25) is 4.79 Å². The third kappa shape index (κ3) is 2.64. The predicted molar refractivity (Wildman–Crippen MR) is 77.4 cm³/mol. The highest BCUT2D eigenvalue weighted by atomic mass is 16.5. The molecule has 3 rings (SSSR count). The largest absolute Gasteiger partial charge is 0.379 e. The maximum absolute atomic E-state index is 12.5. The summed E-state index contributed by atoms with van der Waals surface area (Å²) in [7, 11) is 1.64. The molecule has 0 aromatic carbocycles. The lowest BCUT2D eigenvalue weighted by Crippen LogP contribution is -2.49. The van der Waals surface area contributed by atoms with Gasteiger partial charge in [-0.2, -0.15) is 5.10 Å². The molecule has 0 spiro atoms. The number of fused-ring (bicyclic) bond motifs is 1. The Bertz CT molecular complexity index is 653. The van der Waals surface area contributed by atoms with Crippen LogP contribution in [0.1, 0.15) is 22.3 Å². The van der Waals surface area contributed by atoms with Gasteiger partial charge in [0.2, 0.25) is 0 Å². The van der Waals surface area contributed by atoms with Crippen molar-refractivity contribution >= 4 is 11.4 Å². The number of amides is 1. The topological polar surface area (TPSA) is 64.9 Å². The molecule has 2 aromatic rings. The van der Waals surface area contributed by atoms with E-state index in [1.54, 1.807) is 17.8 Å². The quantitative estimate of drug-likeness (QED) is 0.921. The Morgan fingerprint density at radius 2 is 2.43 bits per heavy atom. The molecule has 1 amide bonds. The molecule has 0 radical (unpaired) electrons. The number of aryl methyl sites for hydroxylation is 1. The average molecular weight is 289 g/mol. The van der Waals surface area contributed by atoms with E-state index in [4.69, 9.17) is 9.47 Å². The van der Waals surface area contributed by atoms with E-state index in [-0.39, 0.29) is 18.1 Å². The summed E-state index contributed by atoms with van der Waals surface area (Å²) in [4.78, 5) is 12.5. The van der Waals surface area contributed by atoms with Gasteiger partial charge in [-0.1, -0.05) is 6.07 Å². The van der Waals surface area contributed by atoms with Crippen molar-refractivity contribution in [2.75, 3.05) is 20.3 Å². The maximum Gasteiger partial charge on any atom is 0.255 e. The molecule has 1 fully saturated rings. The van der Waals surface area contributed by atoms with Gasteiger partial charge in [0.25, 0.3) is 5.91 Å². The number of carbonyl (C=O) groups is 1. The lowest BCUT2D eigenvalue weighted by Gasteiger charge is -2.30. The van der Waals surface area contributed by atoms with Gasteiger partial charge >= 0.3 is 0 Å². The second kappa shape index (κ2) is 5.83. The molecular formula is C15H19N3O3. The highest BCUT2D eigenvalue weighted by molar-refractivity contribution is 6.01. The number of aromatic nitrogens is 2. The fourth-order valence-corrected chi connectivity index (χ4v) is 2.74. The number of hydrogen-bond acceptors (Lipinski definition) is 4. The Morgan fingerprint density at radius 3 is 3.24 bits per heavy atom. The van der Waals surface area contributed by atoms with Crippen molar-refractivity contribution in [3.63, 3.8) is 0 Å². The van der Waals surface area contributed by atoms with Crippen LogP contribution in [0.25, 0.3) is 5.52 Å². The van der Waals surface area contributed by atoms with Gasteiger partial charge < -0.3 is 14.8 Å². The Morgan fingerprint density at radius 1 is 1.57 bits per heavy atom. The summed E-state index contributed by atoms with van der Waals surface area (Å²) in [6.45, 7) is 3.12. The van der Waals surface area contributed by atoms with E-state index >= 15 is 0 Å². The first-order valence-corrected chi connectivity index (χ1v) is 7.05. The number of methoxy groups -OCH3 is 1. The smallest absolute Gasteiger partial charge is 0.255 e. The van der Waals surface area contributed by atoms with Crippen LogP contribution in [0.5, 0.6) is 0 Å². The zero-order valence-electron chi connectivity index (χ0n) is 12.2. The number of ether oxygens (including phenoxy) is 2. The monoisotopic (exact) mass is 289 g/mol. The molecule has 112 valence electrons. The SMILES string of the molecule is CO[C@H]1COCC[C@@H]1NC(=O)c1cnn2cccc(C)c12. The molecule has 3 heterocycles. The summed E-state index contributed by atoms with van der Waals surface area (Å²) < 4.78 is 12.5. The Hall–Kier alpha value is -1.92. The molecule has 1 aliphatic rings. The summed E-state index contributed by atoms with van der Waals surface area (Å²) in [6, 6.07) is 3.85. The molecule has 0 bridgehead atoms. The Labute approximate surface area is 123 Å². The van der Waals surface area contributed by atoms with Crippen molar-refractivity contribution in [1.82, 2.24) is 14.9 Å². The zero-order chi connectivity index (χ0) is 14.8. The molecule has 21 heavy (non-hydrogen) atoms. The molecule has 2 aromatic heterocycles. The van der Waals surface area contributed by atoms with Crippen molar-refractivity contribution in [2.45, 2.75) is 25.5 Å². The van der Waals surface area contributed by atoms with Crippen LogP contribution in [0.4, 0.5) is 0 Å². The van der Waals surface area contributed by atoms with Crippen molar-refractivity contribution in [1.29, 1.82) is 0 Å². The van der Waals surface area contributed by atoms with Crippen molar-refractivity contribution in [3.05, 3.63) is 35.7 Å². The average Bonchev–Trinajstić information content (AvgIpc) is 2.93. The minimum absolute atomic E-state index is 0.0322. The van der Waals surface area contributed by atoms with Gasteiger partial charge in [-0.05, 0) is 25.0 Å². The number of hydrogen-bond donors (Lipinski definition) is 1. The lowest BCUT2D eigenvalue weighted by atomic mass is 10.1. The van der Waals surface area contributed by atoms with E-state index in [0.29, 0.717) is 18.8 Å². The molecule has 0 aliphatic carbocycles. The lowest BCUT2D eigenvalue weighted by molar-refractivity contribution is -0.0479. The number of carbonyl (C=O) groups excluding carboxylic acids is 1. The van der Waals surface area contributed by atoms with Gasteiger partial charge in [0.1, 0.15) is 6.10 Å². The van der Waals surface area contributed by atoms with E-state index in [1.807, 2.05) is 25.3 Å². The maximum atomic E-state index is 12.5. The van der Waals surface area contributed by atoms with E-state index in [0.717, 1.165) is 17.5 Å². The Kier molecular flexibility index (Phi) is 3.90. The van der Waals surface area contributed by atoms with Gasteiger partial charge in [0.05, 0.1) is 29.9 Å². The highest BCUT2D eigenvalue weighted by Gasteiger charge is 2.28. The molecule has 6 nitrogen and oxygen atoms in total. The van der Waals surface area contributed by atoms with Crippen LogP contribution in [0.3, 0.4) is 0 Å².